The van der Waals surface area contributed by atoms with Crippen LogP contribution in [0.5, 0.6) is 0 Å². The summed E-state index contributed by atoms with van der Waals surface area (Å²) in [7, 11) is 0. The molecular weight excluding hydrogens is 261 g/mol. The van der Waals surface area contributed by atoms with E-state index in [0.29, 0.717) is 6.61 Å². The van der Waals surface area contributed by atoms with Gasteiger partial charge < -0.3 is 9.47 Å². The van der Waals surface area contributed by atoms with E-state index in [1.54, 1.807) is 0 Å². The van der Waals surface area contributed by atoms with Crippen molar-refractivity contribution in [2.24, 2.45) is 5.41 Å². The molecule has 0 saturated heterocycles. The maximum absolute atomic E-state index is 12.1. The van der Waals surface area contributed by atoms with Gasteiger partial charge >= 0.3 is 12.1 Å². The lowest BCUT2D eigenvalue weighted by Gasteiger charge is -2.32. The SMILES string of the molecule is C=C(C(=O)OCOCC1(C)CCCCC1)C(F)(F)F. The maximum Gasteiger partial charge on any atom is 0.422 e. The van der Waals surface area contributed by atoms with E-state index in [2.05, 4.69) is 18.2 Å². The molecule has 0 heterocycles. The van der Waals surface area contributed by atoms with Crippen molar-refractivity contribution in [2.75, 3.05) is 13.4 Å². The van der Waals surface area contributed by atoms with E-state index in [4.69, 9.17) is 4.74 Å². The van der Waals surface area contributed by atoms with E-state index in [9.17, 15) is 18.0 Å². The topological polar surface area (TPSA) is 35.5 Å². The van der Waals surface area contributed by atoms with Crippen LogP contribution in [0.4, 0.5) is 13.2 Å². The van der Waals surface area contributed by atoms with Gasteiger partial charge in [0, 0.05) is 0 Å². The average molecular weight is 280 g/mol. The van der Waals surface area contributed by atoms with E-state index in [-0.39, 0.29) is 5.41 Å². The molecule has 0 N–H and O–H groups in total. The number of ether oxygens (including phenoxy) is 2. The van der Waals surface area contributed by atoms with Crippen LogP contribution >= 0.6 is 0 Å². The fraction of sp³-hybridized carbons (Fsp3) is 0.769. The number of hydrogen-bond acceptors (Lipinski definition) is 3. The molecule has 0 radical (unpaired) electrons. The Hall–Kier alpha value is -1.04. The monoisotopic (exact) mass is 280 g/mol. The van der Waals surface area contributed by atoms with E-state index in [1.165, 1.54) is 6.42 Å². The van der Waals surface area contributed by atoms with Crippen molar-refractivity contribution < 1.29 is 27.4 Å². The zero-order valence-electron chi connectivity index (χ0n) is 11.0. The minimum absolute atomic E-state index is 0.0334. The Morgan fingerprint density at radius 1 is 1.26 bits per heavy atom. The van der Waals surface area contributed by atoms with Gasteiger partial charge in [-0.1, -0.05) is 32.8 Å². The molecule has 0 amide bonds. The van der Waals surface area contributed by atoms with Crippen LogP contribution in [0.15, 0.2) is 12.2 Å². The van der Waals surface area contributed by atoms with Gasteiger partial charge in [-0.15, -0.1) is 0 Å². The summed E-state index contributed by atoms with van der Waals surface area (Å²) in [6.07, 6.45) is 0.754. The van der Waals surface area contributed by atoms with Gasteiger partial charge in [-0.2, -0.15) is 13.2 Å². The highest BCUT2D eigenvalue weighted by atomic mass is 19.4. The van der Waals surface area contributed by atoms with Crippen molar-refractivity contribution in [3.05, 3.63) is 12.2 Å². The minimum atomic E-state index is -4.76. The number of esters is 1. The lowest BCUT2D eigenvalue weighted by atomic mass is 9.76. The van der Waals surface area contributed by atoms with Gasteiger partial charge in [0.25, 0.3) is 0 Å². The molecule has 19 heavy (non-hydrogen) atoms. The Morgan fingerprint density at radius 2 is 1.84 bits per heavy atom. The van der Waals surface area contributed by atoms with Crippen molar-refractivity contribution >= 4 is 5.97 Å². The predicted molar refractivity (Wildman–Crippen MR) is 63.3 cm³/mol. The second-order valence-corrected chi connectivity index (χ2v) is 5.25. The Kier molecular flexibility index (Phi) is 5.40. The fourth-order valence-electron chi connectivity index (χ4n) is 2.14. The standard InChI is InChI=1S/C13H19F3O3/c1-10(13(14,15)16)11(17)19-9-18-8-12(2)6-4-3-5-7-12/h1,3-9H2,2H3. The number of halogens is 3. The molecule has 0 aliphatic heterocycles. The molecule has 0 atom stereocenters. The van der Waals surface area contributed by atoms with Crippen molar-refractivity contribution in [1.82, 2.24) is 0 Å². The summed E-state index contributed by atoms with van der Waals surface area (Å²) in [4.78, 5) is 11.0. The number of carbonyl (C=O) groups excluding carboxylic acids is 1. The highest BCUT2D eigenvalue weighted by Gasteiger charge is 2.38. The molecule has 0 unspecified atom stereocenters. The van der Waals surface area contributed by atoms with Gasteiger partial charge in [0.05, 0.1) is 6.61 Å². The summed E-state index contributed by atoms with van der Waals surface area (Å²) in [6, 6.07) is 0. The molecule has 3 nitrogen and oxygen atoms in total. The Bertz CT molecular complexity index is 331. The van der Waals surface area contributed by atoms with Crippen LogP contribution in [0.3, 0.4) is 0 Å². The van der Waals surface area contributed by atoms with E-state index in [1.807, 2.05) is 0 Å². The zero-order valence-corrected chi connectivity index (χ0v) is 11.0. The van der Waals surface area contributed by atoms with Crippen molar-refractivity contribution in [2.45, 2.75) is 45.2 Å². The smallest absolute Gasteiger partial charge is 0.422 e. The van der Waals surface area contributed by atoms with Crippen molar-refractivity contribution in [3.63, 3.8) is 0 Å². The first-order valence-corrected chi connectivity index (χ1v) is 6.26. The van der Waals surface area contributed by atoms with Crippen LogP contribution in [0.1, 0.15) is 39.0 Å². The second-order valence-electron chi connectivity index (χ2n) is 5.25. The predicted octanol–water partition coefficient (Wildman–Crippen LogP) is 3.59. The first-order chi connectivity index (χ1) is 8.75. The Labute approximate surface area is 110 Å². The molecule has 1 saturated carbocycles. The van der Waals surface area contributed by atoms with Crippen LogP contribution in [0.25, 0.3) is 0 Å². The van der Waals surface area contributed by atoms with Crippen LogP contribution in [0, 0.1) is 5.41 Å². The normalized spacial score (nSPS) is 18.9. The Morgan fingerprint density at radius 3 is 2.37 bits per heavy atom. The van der Waals surface area contributed by atoms with Crippen LogP contribution in [0.2, 0.25) is 0 Å². The third-order valence-electron chi connectivity index (χ3n) is 3.37. The van der Waals surface area contributed by atoms with Crippen LogP contribution in [-0.4, -0.2) is 25.5 Å². The van der Waals surface area contributed by atoms with Gasteiger partial charge in [0.15, 0.2) is 6.79 Å². The highest BCUT2D eigenvalue weighted by molar-refractivity contribution is 5.89. The number of alkyl halides is 3. The molecule has 6 heteroatoms. The third-order valence-corrected chi connectivity index (χ3v) is 3.37. The molecule has 1 fully saturated rings. The molecule has 110 valence electrons. The summed E-state index contributed by atoms with van der Waals surface area (Å²) < 4.78 is 45.9. The average Bonchev–Trinajstić information content (AvgIpc) is 2.33. The molecule has 0 bridgehead atoms. The summed E-state index contributed by atoms with van der Waals surface area (Å²) >= 11 is 0. The van der Waals surface area contributed by atoms with Crippen molar-refractivity contribution in [1.29, 1.82) is 0 Å². The number of carbonyl (C=O) groups is 1. The van der Waals surface area contributed by atoms with Gasteiger partial charge in [-0.05, 0) is 18.3 Å². The van der Waals surface area contributed by atoms with E-state index < -0.39 is 24.5 Å². The summed E-state index contributed by atoms with van der Waals surface area (Å²) in [5, 5.41) is 0. The molecule has 1 aliphatic carbocycles. The lowest BCUT2D eigenvalue weighted by molar-refractivity contribution is -0.164. The lowest BCUT2D eigenvalue weighted by Crippen LogP contribution is -2.28. The second kappa shape index (κ2) is 6.41. The van der Waals surface area contributed by atoms with E-state index >= 15 is 0 Å². The maximum atomic E-state index is 12.1. The molecule has 1 rings (SSSR count). The van der Waals surface area contributed by atoms with Gasteiger partial charge in [-0.25, -0.2) is 4.79 Å². The van der Waals surface area contributed by atoms with Crippen LogP contribution in [-0.2, 0) is 14.3 Å². The van der Waals surface area contributed by atoms with Gasteiger partial charge in [0.2, 0.25) is 0 Å². The molecular formula is C13H19F3O3. The quantitative estimate of drug-likeness (QED) is 0.334. The third kappa shape index (κ3) is 5.22. The first-order valence-electron chi connectivity index (χ1n) is 6.26. The van der Waals surface area contributed by atoms with Gasteiger partial charge in [-0.3, -0.25) is 0 Å². The highest BCUT2D eigenvalue weighted by Crippen LogP contribution is 2.35. The van der Waals surface area contributed by atoms with Gasteiger partial charge in [0.1, 0.15) is 5.57 Å². The Balaban J connectivity index is 2.24. The van der Waals surface area contributed by atoms with E-state index in [0.717, 1.165) is 25.7 Å². The number of hydrogen-bond donors (Lipinski definition) is 0. The summed E-state index contributed by atoms with van der Waals surface area (Å²) in [5.74, 6) is -1.48. The molecule has 0 aromatic heterocycles. The molecule has 0 aromatic rings. The molecule has 1 aliphatic rings. The zero-order chi connectivity index (χ0) is 14.5. The summed E-state index contributed by atoms with van der Waals surface area (Å²) in [5.41, 5.74) is -1.48. The first kappa shape index (κ1) is 16.0. The molecule has 0 aromatic carbocycles. The van der Waals surface area contributed by atoms with Crippen molar-refractivity contribution in [3.8, 4) is 0 Å². The number of rotatable bonds is 5. The minimum Gasteiger partial charge on any atom is -0.435 e. The largest absolute Gasteiger partial charge is 0.435 e. The van der Waals surface area contributed by atoms with Crippen LogP contribution < -0.4 is 0 Å². The fourth-order valence-corrected chi connectivity index (χ4v) is 2.14. The molecule has 0 spiro atoms. The summed E-state index contributed by atoms with van der Waals surface area (Å²) in [6.45, 7) is 4.64.